The fourth-order valence-corrected chi connectivity index (χ4v) is 3.95. The lowest BCUT2D eigenvalue weighted by Crippen LogP contribution is -2.33. The van der Waals surface area contributed by atoms with Gasteiger partial charge in [-0.25, -0.2) is 0 Å². The minimum absolute atomic E-state index is 0.155. The van der Waals surface area contributed by atoms with Gasteiger partial charge in [0.25, 0.3) is 0 Å². The highest BCUT2D eigenvalue weighted by atomic mass is 16.5. The third-order valence-corrected chi connectivity index (χ3v) is 4.87. The standard InChI is InChI=1S/C17H21NO/c1-11-6-12(2)15(13(3)7-11)9-17(10-18)8-14-4-5-16(17)19-14/h6-7,14,16H,4-5,8-9H2,1-3H3. The molecule has 3 rings (SSSR count). The number of hydrogen-bond donors (Lipinski definition) is 0. The summed E-state index contributed by atoms with van der Waals surface area (Å²) in [6.07, 6.45) is 4.45. The van der Waals surface area contributed by atoms with Crippen LogP contribution in [0, 0.1) is 37.5 Å². The Morgan fingerprint density at radius 3 is 2.42 bits per heavy atom. The van der Waals surface area contributed by atoms with Crippen molar-refractivity contribution in [2.75, 3.05) is 0 Å². The van der Waals surface area contributed by atoms with Crippen molar-refractivity contribution in [1.82, 2.24) is 0 Å². The van der Waals surface area contributed by atoms with Crippen LogP contribution in [0.2, 0.25) is 0 Å². The van der Waals surface area contributed by atoms with E-state index in [0.29, 0.717) is 6.10 Å². The first kappa shape index (κ1) is 12.7. The Balaban J connectivity index is 1.95. The summed E-state index contributed by atoms with van der Waals surface area (Å²) < 4.78 is 5.93. The topological polar surface area (TPSA) is 33.0 Å². The lowest BCUT2D eigenvalue weighted by molar-refractivity contribution is 0.0787. The summed E-state index contributed by atoms with van der Waals surface area (Å²) in [6.45, 7) is 6.45. The fourth-order valence-electron chi connectivity index (χ4n) is 3.95. The second-order valence-electron chi connectivity index (χ2n) is 6.35. The van der Waals surface area contributed by atoms with Gasteiger partial charge in [-0.3, -0.25) is 0 Å². The van der Waals surface area contributed by atoms with Gasteiger partial charge in [-0.1, -0.05) is 17.7 Å². The smallest absolute Gasteiger partial charge is 0.0899 e. The number of aryl methyl sites for hydroxylation is 3. The summed E-state index contributed by atoms with van der Waals surface area (Å²) in [5.41, 5.74) is 5.00. The average Bonchev–Trinajstić information content (AvgIpc) is 2.94. The third-order valence-electron chi connectivity index (χ3n) is 4.87. The van der Waals surface area contributed by atoms with E-state index in [1.807, 2.05) is 0 Å². The van der Waals surface area contributed by atoms with Crippen molar-refractivity contribution in [3.8, 4) is 6.07 Å². The highest BCUT2D eigenvalue weighted by Gasteiger charge is 2.53. The van der Waals surface area contributed by atoms with E-state index in [1.54, 1.807) is 0 Å². The molecule has 3 unspecified atom stereocenters. The van der Waals surface area contributed by atoms with Crippen LogP contribution in [0.5, 0.6) is 0 Å². The predicted octanol–water partition coefficient (Wildman–Crippen LogP) is 3.62. The number of ether oxygens (including phenoxy) is 1. The van der Waals surface area contributed by atoms with E-state index in [-0.39, 0.29) is 11.5 Å². The summed E-state index contributed by atoms with van der Waals surface area (Å²) >= 11 is 0. The van der Waals surface area contributed by atoms with Crippen LogP contribution in [0.15, 0.2) is 12.1 Å². The molecule has 2 heteroatoms. The lowest BCUT2D eigenvalue weighted by atomic mass is 9.70. The zero-order valence-electron chi connectivity index (χ0n) is 12.0. The van der Waals surface area contributed by atoms with Crippen molar-refractivity contribution in [2.45, 2.75) is 58.7 Å². The minimum atomic E-state index is -0.284. The normalized spacial score (nSPS) is 32.5. The number of rotatable bonds is 2. The molecule has 2 aliphatic rings. The van der Waals surface area contributed by atoms with Crippen molar-refractivity contribution < 1.29 is 4.74 Å². The van der Waals surface area contributed by atoms with E-state index in [4.69, 9.17) is 4.74 Å². The summed E-state index contributed by atoms with van der Waals surface area (Å²) in [5, 5.41) is 9.71. The van der Waals surface area contributed by atoms with Gasteiger partial charge in [0.05, 0.1) is 23.7 Å². The monoisotopic (exact) mass is 255 g/mol. The average molecular weight is 255 g/mol. The number of hydrogen-bond acceptors (Lipinski definition) is 2. The number of fused-ring (bicyclic) bond motifs is 2. The van der Waals surface area contributed by atoms with Crippen molar-refractivity contribution in [3.63, 3.8) is 0 Å². The van der Waals surface area contributed by atoms with Gasteiger partial charge >= 0.3 is 0 Å². The molecule has 0 N–H and O–H groups in total. The Bertz CT molecular complexity index is 534. The van der Waals surface area contributed by atoms with Crippen molar-refractivity contribution in [2.24, 2.45) is 5.41 Å². The Hall–Kier alpha value is -1.33. The summed E-state index contributed by atoms with van der Waals surface area (Å²) in [4.78, 5) is 0. The Morgan fingerprint density at radius 1 is 1.26 bits per heavy atom. The van der Waals surface area contributed by atoms with Crippen LogP contribution in [0.25, 0.3) is 0 Å². The van der Waals surface area contributed by atoms with Crippen LogP contribution < -0.4 is 0 Å². The van der Waals surface area contributed by atoms with Crippen molar-refractivity contribution in [3.05, 3.63) is 34.4 Å². The number of nitrogens with zero attached hydrogens (tertiary/aromatic N) is 1. The molecule has 2 bridgehead atoms. The van der Waals surface area contributed by atoms with E-state index in [0.717, 1.165) is 25.7 Å². The SMILES string of the molecule is Cc1cc(C)c(CC2(C#N)CC3CCC2O3)c(C)c1. The van der Waals surface area contributed by atoms with E-state index in [1.165, 1.54) is 22.3 Å². The first-order chi connectivity index (χ1) is 9.04. The van der Waals surface area contributed by atoms with Crippen LogP contribution in [0.1, 0.15) is 41.5 Å². The molecule has 2 saturated heterocycles. The molecule has 0 aromatic heterocycles. The highest BCUT2D eigenvalue weighted by molar-refractivity contribution is 5.39. The molecule has 0 radical (unpaired) electrons. The van der Waals surface area contributed by atoms with Gasteiger partial charge in [0.1, 0.15) is 0 Å². The molecular weight excluding hydrogens is 234 g/mol. The van der Waals surface area contributed by atoms with Gasteiger partial charge in [0.15, 0.2) is 0 Å². The van der Waals surface area contributed by atoms with E-state index in [2.05, 4.69) is 39.0 Å². The van der Waals surface area contributed by atoms with Crippen LogP contribution >= 0.6 is 0 Å². The van der Waals surface area contributed by atoms with E-state index in [9.17, 15) is 5.26 Å². The van der Waals surface area contributed by atoms with Gasteiger partial charge in [-0.15, -0.1) is 0 Å². The molecular formula is C17H21NO. The Labute approximate surface area is 115 Å². The first-order valence-electron chi connectivity index (χ1n) is 7.17. The molecule has 1 aromatic carbocycles. The maximum atomic E-state index is 9.71. The number of benzene rings is 1. The molecule has 0 amide bonds. The quantitative estimate of drug-likeness (QED) is 0.808. The summed E-state index contributed by atoms with van der Waals surface area (Å²) in [5.74, 6) is 0. The maximum Gasteiger partial charge on any atom is 0.0899 e. The molecule has 2 nitrogen and oxygen atoms in total. The van der Waals surface area contributed by atoms with Crippen molar-refractivity contribution in [1.29, 1.82) is 5.26 Å². The van der Waals surface area contributed by atoms with Crippen molar-refractivity contribution >= 4 is 0 Å². The van der Waals surface area contributed by atoms with E-state index < -0.39 is 0 Å². The second kappa shape index (κ2) is 4.35. The Kier molecular flexibility index (Phi) is 2.91. The molecule has 2 heterocycles. The molecule has 19 heavy (non-hydrogen) atoms. The van der Waals surface area contributed by atoms with Crippen LogP contribution in [0.4, 0.5) is 0 Å². The van der Waals surface area contributed by atoms with Gasteiger partial charge < -0.3 is 4.74 Å². The zero-order chi connectivity index (χ0) is 13.6. The van der Waals surface area contributed by atoms with Crippen LogP contribution in [0.3, 0.4) is 0 Å². The fraction of sp³-hybridized carbons (Fsp3) is 0.588. The molecule has 0 aliphatic carbocycles. The molecule has 100 valence electrons. The molecule has 0 saturated carbocycles. The van der Waals surface area contributed by atoms with Gasteiger partial charge in [0.2, 0.25) is 0 Å². The van der Waals surface area contributed by atoms with E-state index >= 15 is 0 Å². The molecule has 0 spiro atoms. The summed E-state index contributed by atoms with van der Waals surface area (Å²) in [6, 6.07) is 7.05. The largest absolute Gasteiger partial charge is 0.373 e. The molecule has 2 fully saturated rings. The molecule has 2 aliphatic heterocycles. The van der Waals surface area contributed by atoms with Gasteiger partial charge in [-0.2, -0.15) is 5.26 Å². The molecule has 3 atom stereocenters. The van der Waals surface area contributed by atoms with Crippen LogP contribution in [-0.2, 0) is 11.2 Å². The van der Waals surface area contributed by atoms with Gasteiger partial charge in [-0.05, 0) is 63.1 Å². The summed E-state index contributed by atoms with van der Waals surface area (Å²) in [7, 11) is 0. The zero-order valence-corrected chi connectivity index (χ0v) is 12.0. The Morgan fingerprint density at radius 2 is 1.95 bits per heavy atom. The highest BCUT2D eigenvalue weighted by Crippen LogP contribution is 2.49. The van der Waals surface area contributed by atoms with Crippen LogP contribution in [-0.4, -0.2) is 12.2 Å². The first-order valence-corrected chi connectivity index (χ1v) is 7.17. The maximum absolute atomic E-state index is 9.71. The lowest BCUT2D eigenvalue weighted by Gasteiger charge is -2.29. The third kappa shape index (κ3) is 1.97. The van der Waals surface area contributed by atoms with Gasteiger partial charge in [0, 0.05) is 0 Å². The minimum Gasteiger partial charge on any atom is -0.373 e. The predicted molar refractivity (Wildman–Crippen MR) is 74.9 cm³/mol. The molecule has 1 aromatic rings. The number of nitriles is 1. The second-order valence-corrected chi connectivity index (χ2v) is 6.35.